The van der Waals surface area contributed by atoms with Gasteiger partial charge in [0.1, 0.15) is 0 Å². The molecule has 2 N–H and O–H groups in total. The number of benzene rings is 1. The van der Waals surface area contributed by atoms with E-state index in [2.05, 4.69) is 15.3 Å². The molecule has 0 aliphatic carbocycles. The molecule has 1 aromatic carbocycles. The summed E-state index contributed by atoms with van der Waals surface area (Å²) in [5, 5.41) is 12.4. The van der Waals surface area contributed by atoms with Gasteiger partial charge in [-0.3, -0.25) is 9.97 Å². The van der Waals surface area contributed by atoms with E-state index in [1.54, 1.807) is 30.7 Å². The van der Waals surface area contributed by atoms with Crippen LogP contribution in [0.1, 0.15) is 29.0 Å². The van der Waals surface area contributed by atoms with E-state index in [1.165, 1.54) is 6.07 Å². The predicted molar refractivity (Wildman–Crippen MR) is 72.5 cm³/mol. The van der Waals surface area contributed by atoms with E-state index in [-0.39, 0.29) is 16.6 Å². The van der Waals surface area contributed by atoms with Crippen molar-refractivity contribution in [2.24, 2.45) is 0 Å². The van der Waals surface area contributed by atoms with Crippen LogP contribution < -0.4 is 5.32 Å². The average molecular weight is 278 g/mol. The van der Waals surface area contributed by atoms with Gasteiger partial charge in [0.15, 0.2) is 0 Å². The third-order valence-electron chi connectivity index (χ3n) is 2.61. The summed E-state index contributed by atoms with van der Waals surface area (Å²) < 4.78 is 0. The summed E-state index contributed by atoms with van der Waals surface area (Å²) >= 11 is 5.81. The summed E-state index contributed by atoms with van der Waals surface area (Å²) in [7, 11) is 0. The van der Waals surface area contributed by atoms with Gasteiger partial charge in [-0.25, -0.2) is 4.79 Å². The lowest BCUT2D eigenvalue weighted by Gasteiger charge is -2.15. The number of hydrogen-bond acceptors (Lipinski definition) is 4. The number of anilines is 1. The molecule has 1 aromatic heterocycles. The van der Waals surface area contributed by atoms with Gasteiger partial charge < -0.3 is 10.4 Å². The second-order valence-corrected chi connectivity index (χ2v) is 4.40. The fraction of sp³-hybridized carbons (Fsp3) is 0.154. The van der Waals surface area contributed by atoms with E-state index in [0.29, 0.717) is 5.69 Å². The maximum Gasteiger partial charge on any atom is 0.337 e. The quantitative estimate of drug-likeness (QED) is 0.898. The van der Waals surface area contributed by atoms with Crippen molar-refractivity contribution in [2.75, 3.05) is 5.32 Å². The topological polar surface area (TPSA) is 75.1 Å². The first-order valence-corrected chi connectivity index (χ1v) is 6.01. The summed E-state index contributed by atoms with van der Waals surface area (Å²) in [6.07, 6.45) is 4.87. The molecule has 0 saturated heterocycles. The fourth-order valence-electron chi connectivity index (χ4n) is 1.64. The Bertz CT molecular complexity index is 590. The van der Waals surface area contributed by atoms with Gasteiger partial charge in [0.25, 0.3) is 0 Å². The van der Waals surface area contributed by atoms with Crippen LogP contribution in [0.3, 0.4) is 0 Å². The SMILES string of the molecule is CC(Nc1ccc(Cl)c(C(=O)O)c1)c1cnccn1. The molecule has 1 atom stereocenters. The Hall–Kier alpha value is -2.14. The van der Waals surface area contributed by atoms with E-state index in [0.717, 1.165) is 5.69 Å². The molecule has 5 nitrogen and oxygen atoms in total. The summed E-state index contributed by atoms with van der Waals surface area (Å²) in [5.74, 6) is -1.05. The van der Waals surface area contributed by atoms with E-state index in [9.17, 15) is 4.79 Å². The van der Waals surface area contributed by atoms with E-state index in [1.807, 2.05) is 6.92 Å². The van der Waals surface area contributed by atoms with Gasteiger partial charge in [-0.15, -0.1) is 0 Å². The lowest BCUT2D eigenvalue weighted by Crippen LogP contribution is -2.09. The number of carbonyl (C=O) groups is 1. The van der Waals surface area contributed by atoms with E-state index < -0.39 is 5.97 Å². The average Bonchev–Trinajstić information content (AvgIpc) is 2.41. The van der Waals surface area contributed by atoms with E-state index in [4.69, 9.17) is 16.7 Å². The highest BCUT2D eigenvalue weighted by Crippen LogP contribution is 2.23. The molecule has 0 bridgehead atoms. The van der Waals surface area contributed by atoms with Crippen LogP contribution in [0.5, 0.6) is 0 Å². The summed E-state index contributed by atoms with van der Waals surface area (Å²) in [4.78, 5) is 19.2. The molecule has 1 heterocycles. The number of aromatic carboxylic acids is 1. The molecule has 0 radical (unpaired) electrons. The number of carboxylic acids is 1. The van der Waals surface area contributed by atoms with Crippen LogP contribution >= 0.6 is 11.6 Å². The molecular weight excluding hydrogens is 266 g/mol. The first-order chi connectivity index (χ1) is 9.08. The van der Waals surface area contributed by atoms with Crippen molar-refractivity contribution < 1.29 is 9.90 Å². The molecule has 0 amide bonds. The Labute approximate surface area is 115 Å². The van der Waals surface area contributed by atoms with Crippen LogP contribution in [-0.4, -0.2) is 21.0 Å². The predicted octanol–water partition coefficient (Wildman–Crippen LogP) is 3.00. The van der Waals surface area contributed by atoms with Crippen LogP contribution in [0, 0.1) is 0 Å². The smallest absolute Gasteiger partial charge is 0.337 e. The fourth-order valence-corrected chi connectivity index (χ4v) is 1.84. The van der Waals surface area contributed by atoms with Crippen LogP contribution in [0.25, 0.3) is 0 Å². The number of aromatic nitrogens is 2. The molecule has 6 heteroatoms. The number of rotatable bonds is 4. The Morgan fingerprint density at radius 2 is 2.21 bits per heavy atom. The molecule has 2 aromatic rings. The monoisotopic (exact) mass is 277 g/mol. The molecule has 0 spiro atoms. The first kappa shape index (κ1) is 13.3. The number of nitrogens with one attached hydrogen (secondary N) is 1. The minimum Gasteiger partial charge on any atom is -0.478 e. The molecule has 1 unspecified atom stereocenters. The van der Waals surface area contributed by atoms with Crippen molar-refractivity contribution in [3.8, 4) is 0 Å². The van der Waals surface area contributed by atoms with Gasteiger partial charge in [0.05, 0.1) is 28.5 Å². The van der Waals surface area contributed by atoms with Gasteiger partial charge in [-0.1, -0.05) is 11.6 Å². The van der Waals surface area contributed by atoms with Crippen molar-refractivity contribution in [1.29, 1.82) is 0 Å². The van der Waals surface area contributed by atoms with Gasteiger partial charge in [-0.05, 0) is 25.1 Å². The number of halogens is 1. The Balaban J connectivity index is 2.20. The van der Waals surface area contributed by atoms with Crippen LogP contribution in [0.4, 0.5) is 5.69 Å². The summed E-state index contributed by atoms with van der Waals surface area (Å²) in [6.45, 7) is 1.92. The third kappa shape index (κ3) is 3.20. The molecule has 19 heavy (non-hydrogen) atoms. The first-order valence-electron chi connectivity index (χ1n) is 5.63. The second-order valence-electron chi connectivity index (χ2n) is 4.00. The zero-order valence-electron chi connectivity index (χ0n) is 10.2. The Kier molecular flexibility index (Phi) is 3.97. The van der Waals surface area contributed by atoms with Crippen LogP contribution in [0.2, 0.25) is 5.02 Å². The minimum absolute atomic E-state index is 0.0676. The largest absolute Gasteiger partial charge is 0.478 e. The maximum absolute atomic E-state index is 11.0. The number of hydrogen-bond donors (Lipinski definition) is 2. The lowest BCUT2D eigenvalue weighted by atomic mass is 10.1. The van der Waals surface area contributed by atoms with Crippen molar-refractivity contribution in [2.45, 2.75) is 13.0 Å². The minimum atomic E-state index is -1.05. The van der Waals surface area contributed by atoms with Crippen LogP contribution in [-0.2, 0) is 0 Å². The van der Waals surface area contributed by atoms with Gasteiger partial charge in [0, 0.05) is 18.1 Å². The molecule has 0 aliphatic heterocycles. The number of carboxylic acid groups (broad SMARTS) is 1. The highest BCUT2D eigenvalue weighted by molar-refractivity contribution is 6.33. The molecular formula is C13H12ClN3O2. The third-order valence-corrected chi connectivity index (χ3v) is 2.94. The Morgan fingerprint density at radius 3 is 2.84 bits per heavy atom. The summed E-state index contributed by atoms with van der Waals surface area (Å²) in [5.41, 5.74) is 1.51. The Morgan fingerprint density at radius 1 is 1.42 bits per heavy atom. The van der Waals surface area contributed by atoms with Crippen molar-refractivity contribution in [1.82, 2.24) is 9.97 Å². The zero-order valence-corrected chi connectivity index (χ0v) is 10.9. The lowest BCUT2D eigenvalue weighted by molar-refractivity contribution is 0.0697. The highest BCUT2D eigenvalue weighted by atomic mass is 35.5. The second kappa shape index (κ2) is 5.67. The van der Waals surface area contributed by atoms with Crippen molar-refractivity contribution in [3.63, 3.8) is 0 Å². The summed E-state index contributed by atoms with van der Waals surface area (Å²) in [6, 6.07) is 4.69. The van der Waals surface area contributed by atoms with E-state index >= 15 is 0 Å². The van der Waals surface area contributed by atoms with Crippen LogP contribution in [0.15, 0.2) is 36.8 Å². The highest BCUT2D eigenvalue weighted by Gasteiger charge is 2.11. The van der Waals surface area contributed by atoms with Crippen molar-refractivity contribution >= 4 is 23.3 Å². The van der Waals surface area contributed by atoms with Crippen molar-refractivity contribution in [3.05, 3.63) is 53.1 Å². The standard InChI is InChI=1S/C13H12ClN3O2/c1-8(12-7-15-4-5-16-12)17-9-2-3-11(14)10(6-9)13(18)19/h2-8,17H,1H3,(H,18,19). The number of nitrogens with zero attached hydrogens (tertiary/aromatic N) is 2. The molecule has 0 saturated carbocycles. The molecule has 98 valence electrons. The van der Waals surface area contributed by atoms with Gasteiger partial charge in [0.2, 0.25) is 0 Å². The van der Waals surface area contributed by atoms with Gasteiger partial charge >= 0.3 is 5.97 Å². The normalized spacial score (nSPS) is 11.9. The maximum atomic E-state index is 11.0. The van der Waals surface area contributed by atoms with Gasteiger partial charge in [-0.2, -0.15) is 0 Å². The molecule has 0 fully saturated rings. The zero-order chi connectivity index (χ0) is 13.8. The molecule has 2 rings (SSSR count). The molecule has 0 aliphatic rings.